The van der Waals surface area contributed by atoms with Gasteiger partial charge in [0, 0.05) is 0 Å². The normalized spacial score (nSPS) is 28.7. The fourth-order valence-corrected chi connectivity index (χ4v) is 3.56. The van der Waals surface area contributed by atoms with Crippen LogP contribution in [-0.4, -0.2) is 0 Å². The Morgan fingerprint density at radius 3 is 1.38 bits per heavy atom. The molecule has 0 bridgehead atoms. The topological polar surface area (TPSA) is 0 Å². The van der Waals surface area contributed by atoms with Gasteiger partial charge in [-0.05, 0) is 11.8 Å². The standard InChI is InChI=1S/2C9H11.C5H10.2ClH.Zr/c2*1-2-5-9-7-3-6-8(9)4-1;1-3-5-4-2;;;/h2*1-2,4-6,8-9H,3,7H2;1-5H2;2*1H;/q2*-1;-2;;;+2/p-2. The summed E-state index contributed by atoms with van der Waals surface area (Å²) < 4.78 is 0. The molecule has 4 aliphatic rings. The summed E-state index contributed by atoms with van der Waals surface area (Å²) in [4.78, 5) is 0. The second-order valence-electron chi connectivity index (χ2n) is 6.71. The molecule has 0 spiro atoms. The Bertz CT molecular complexity index is 363. The van der Waals surface area contributed by atoms with Gasteiger partial charge in [0.05, 0.1) is 0 Å². The fourth-order valence-electron chi connectivity index (χ4n) is 3.56. The van der Waals surface area contributed by atoms with Crippen LogP contribution in [-0.2, 0) is 26.2 Å². The summed E-state index contributed by atoms with van der Waals surface area (Å²) >= 11 is 0. The summed E-state index contributed by atoms with van der Waals surface area (Å²) in [5.41, 5.74) is 0. The predicted molar refractivity (Wildman–Crippen MR) is 102 cm³/mol. The Labute approximate surface area is 194 Å². The zero-order valence-electron chi connectivity index (χ0n) is 15.7. The zero-order chi connectivity index (χ0) is 16.3. The van der Waals surface area contributed by atoms with Crippen molar-refractivity contribution in [3.8, 4) is 0 Å². The third-order valence-corrected chi connectivity index (χ3v) is 4.97. The molecule has 0 aromatic rings. The zero-order valence-corrected chi connectivity index (χ0v) is 19.7. The van der Waals surface area contributed by atoms with Gasteiger partial charge in [0.25, 0.3) is 0 Å². The minimum absolute atomic E-state index is 0. The van der Waals surface area contributed by atoms with Gasteiger partial charge < -0.3 is 51.5 Å². The molecule has 3 heteroatoms. The SMILES string of the molecule is C1=CC2[CH-]CCC2C=C1.C1=CC2[CH-]CCC2C=C1.[CH2-]CCC[CH2-].[Cl-].[Cl-].[Zr+2]. The van der Waals surface area contributed by atoms with Gasteiger partial charge in [-0.15, -0.1) is 30.4 Å². The molecule has 0 amide bonds. The molecular formula is C23H32Cl2Zr-4. The van der Waals surface area contributed by atoms with Crippen molar-refractivity contribution in [2.45, 2.75) is 44.9 Å². The first-order valence-corrected chi connectivity index (χ1v) is 9.30. The molecule has 0 N–H and O–H groups in total. The Hall–Kier alpha value is 0.423. The molecular weight excluding hydrogens is 438 g/mol. The van der Waals surface area contributed by atoms with E-state index in [9.17, 15) is 0 Å². The van der Waals surface area contributed by atoms with Crippen LogP contribution in [0.4, 0.5) is 0 Å². The first-order chi connectivity index (χ1) is 11.3. The molecule has 4 aliphatic carbocycles. The second kappa shape index (κ2) is 17.5. The molecule has 146 valence electrons. The molecule has 0 radical (unpaired) electrons. The van der Waals surface area contributed by atoms with E-state index in [0.717, 1.165) is 36.5 Å². The van der Waals surface area contributed by atoms with Crippen LogP contribution in [0.15, 0.2) is 48.6 Å². The minimum atomic E-state index is 0. The predicted octanol–water partition coefficient (Wildman–Crippen LogP) is 0.516. The number of allylic oxidation sites excluding steroid dienone is 8. The summed E-state index contributed by atoms with van der Waals surface area (Å²) in [7, 11) is 0. The summed E-state index contributed by atoms with van der Waals surface area (Å²) in [6, 6.07) is 0. The monoisotopic (exact) mass is 468 g/mol. The maximum atomic E-state index is 3.64. The van der Waals surface area contributed by atoms with Crippen LogP contribution in [0.5, 0.6) is 0 Å². The van der Waals surface area contributed by atoms with E-state index in [4.69, 9.17) is 0 Å². The molecule has 4 unspecified atom stereocenters. The molecule has 26 heavy (non-hydrogen) atoms. The fraction of sp³-hybridized carbons (Fsp3) is 0.478. The summed E-state index contributed by atoms with van der Waals surface area (Å²) in [6.45, 7) is 7.27. The summed E-state index contributed by atoms with van der Waals surface area (Å²) in [5, 5.41) is 0. The molecule has 0 saturated heterocycles. The first-order valence-electron chi connectivity index (χ1n) is 9.30. The van der Waals surface area contributed by atoms with Crippen molar-refractivity contribution in [2.24, 2.45) is 23.7 Å². The third kappa shape index (κ3) is 10.1. The molecule has 0 aromatic heterocycles. The number of hydrogen-bond donors (Lipinski definition) is 0. The van der Waals surface area contributed by atoms with Crippen LogP contribution in [0.2, 0.25) is 0 Å². The number of rotatable bonds is 2. The van der Waals surface area contributed by atoms with Crippen molar-refractivity contribution < 1.29 is 51.0 Å². The van der Waals surface area contributed by atoms with Gasteiger partial charge in [-0.25, -0.2) is 0 Å². The average molecular weight is 471 g/mol. The largest absolute Gasteiger partial charge is 2.00 e. The van der Waals surface area contributed by atoms with E-state index in [0.29, 0.717) is 0 Å². The molecule has 4 rings (SSSR count). The van der Waals surface area contributed by atoms with E-state index in [1.165, 1.54) is 32.1 Å². The maximum Gasteiger partial charge on any atom is 2.00 e. The number of hydrogen-bond acceptors (Lipinski definition) is 0. The molecule has 4 atom stereocenters. The average Bonchev–Trinajstić information content (AvgIpc) is 3.26. The van der Waals surface area contributed by atoms with Gasteiger partial charge in [-0.2, -0.15) is 25.7 Å². The van der Waals surface area contributed by atoms with Crippen molar-refractivity contribution >= 4 is 0 Å². The van der Waals surface area contributed by atoms with E-state index < -0.39 is 0 Å². The van der Waals surface area contributed by atoms with Crippen molar-refractivity contribution in [3.05, 3.63) is 75.3 Å². The second-order valence-corrected chi connectivity index (χ2v) is 6.71. The number of halogens is 2. The van der Waals surface area contributed by atoms with E-state index in [1.807, 2.05) is 0 Å². The maximum absolute atomic E-state index is 3.64. The van der Waals surface area contributed by atoms with Crippen LogP contribution in [0, 0.1) is 50.4 Å². The van der Waals surface area contributed by atoms with Gasteiger partial charge >= 0.3 is 26.2 Å². The number of unbranched alkanes of at least 4 members (excludes halogenated alkanes) is 2. The molecule has 0 nitrogen and oxygen atoms in total. The molecule has 0 heterocycles. The van der Waals surface area contributed by atoms with Crippen molar-refractivity contribution in [1.29, 1.82) is 0 Å². The Balaban J connectivity index is 0. The van der Waals surface area contributed by atoms with E-state index >= 15 is 0 Å². The van der Waals surface area contributed by atoms with Gasteiger partial charge in [-0.3, -0.25) is 0 Å². The molecule has 2 saturated carbocycles. The van der Waals surface area contributed by atoms with Crippen LogP contribution < -0.4 is 24.8 Å². The molecule has 2 fully saturated rings. The smallest absolute Gasteiger partial charge is 1.00 e. The van der Waals surface area contributed by atoms with E-state index in [-0.39, 0.29) is 51.0 Å². The van der Waals surface area contributed by atoms with E-state index in [2.05, 4.69) is 75.3 Å². The van der Waals surface area contributed by atoms with E-state index in [1.54, 1.807) is 0 Å². The quantitative estimate of drug-likeness (QED) is 0.517. The Morgan fingerprint density at radius 2 is 1.08 bits per heavy atom. The van der Waals surface area contributed by atoms with Crippen molar-refractivity contribution in [2.75, 3.05) is 0 Å². The number of fused-ring (bicyclic) bond motifs is 2. The van der Waals surface area contributed by atoms with Gasteiger partial charge in [0.15, 0.2) is 0 Å². The third-order valence-electron chi connectivity index (χ3n) is 4.97. The Kier molecular flexibility index (Phi) is 19.3. The minimum Gasteiger partial charge on any atom is -1.00 e. The molecule has 0 aromatic carbocycles. The van der Waals surface area contributed by atoms with Gasteiger partial charge in [0.1, 0.15) is 0 Å². The first kappa shape index (κ1) is 28.6. The summed E-state index contributed by atoms with van der Waals surface area (Å²) in [6.07, 6.45) is 31.3. The van der Waals surface area contributed by atoms with Crippen LogP contribution in [0.25, 0.3) is 0 Å². The summed E-state index contributed by atoms with van der Waals surface area (Å²) in [5.74, 6) is 3.23. The molecule has 0 aliphatic heterocycles. The van der Waals surface area contributed by atoms with Crippen LogP contribution >= 0.6 is 0 Å². The van der Waals surface area contributed by atoms with Crippen molar-refractivity contribution in [3.63, 3.8) is 0 Å². The van der Waals surface area contributed by atoms with Gasteiger partial charge in [-0.1, -0.05) is 49.3 Å². The van der Waals surface area contributed by atoms with Crippen molar-refractivity contribution in [1.82, 2.24) is 0 Å². The van der Waals surface area contributed by atoms with Crippen LogP contribution in [0.1, 0.15) is 44.9 Å². The Morgan fingerprint density at radius 1 is 0.692 bits per heavy atom. The van der Waals surface area contributed by atoms with Gasteiger partial charge in [0.2, 0.25) is 0 Å². The van der Waals surface area contributed by atoms with Crippen LogP contribution in [0.3, 0.4) is 0 Å².